The number of hydrogen-bond acceptors (Lipinski definition) is 7. The molecule has 0 unspecified atom stereocenters. The summed E-state index contributed by atoms with van der Waals surface area (Å²) >= 11 is 1.22. The zero-order chi connectivity index (χ0) is 27.8. The Labute approximate surface area is 234 Å². The largest absolute Gasteiger partial charge is 0.456 e. The number of carbonyl (C=O) groups is 3. The fraction of sp³-hybridized carbons (Fsp3) is 0.207. The Hall–Kier alpha value is -4.77. The van der Waals surface area contributed by atoms with E-state index in [1.165, 1.54) is 22.3 Å². The molecule has 1 saturated heterocycles. The van der Waals surface area contributed by atoms with Gasteiger partial charge in [-0.3, -0.25) is 9.59 Å². The van der Waals surface area contributed by atoms with Gasteiger partial charge in [0, 0.05) is 25.3 Å². The fourth-order valence-electron chi connectivity index (χ4n) is 5.09. The maximum Gasteiger partial charge on any atom is 0.332 e. The van der Waals surface area contributed by atoms with E-state index in [1.807, 2.05) is 43.3 Å². The van der Waals surface area contributed by atoms with E-state index in [1.54, 1.807) is 23.4 Å². The predicted octanol–water partition coefficient (Wildman–Crippen LogP) is 5.38. The van der Waals surface area contributed by atoms with Crippen molar-refractivity contribution in [3.05, 3.63) is 78.0 Å². The lowest BCUT2D eigenvalue weighted by atomic mass is 10.1. The lowest BCUT2D eigenvalue weighted by Gasteiger charge is -2.32. The summed E-state index contributed by atoms with van der Waals surface area (Å²) < 4.78 is 5.90. The molecule has 0 aliphatic carbocycles. The maximum absolute atomic E-state index is 13.5. The highest BCUT2D eigenvalue weighted by Gasteiger charge is 2.35. The van der Waals surface area contributed by atoms with Gasteiger partial charge in [-0.15, -0.1) is 11.3 Å². The zero-order valence-electron chi connectivity index (χ0n) is 21.7. The summed E-state index contributed by atoms with van der Waals surface area (Å²) in [5.74, 6) is 1.22. The molecule has 6 rings (SSSR count). The Bertz CT molecular complexity index is 1650. The quantitative estimate of drug-likeness (QED) is 0.309. The van der Waals surface area contributed by atoms with Crippen LogP contribution in [0.2, 0.25) is 0 Å². The van der Waals surface area contributed by atoms with Crippen molar-refractivity contribution in [3.63, 3.8) is 0 Å². The third-order valence-corrected chi connectivity index (χ3v) is 8.01. The van der Waals surface area contributed by atoms with Crippen LogP contribution in [0.1, 0.15) is 28.1 Å². The summed E-state index contributed by atoms with van der Waals surface area (Å²) in [6.07, 6.45) is 6.02. The Morgan fingerprint density at radius 3 is 2.80 bits per heavy atom. The summed E-state index contributed by atoms with van der Waals surface area (Å²) in [7, 11) is 0. The number of benzene rings is 1. The SMILES string of the molecule is C=CC(=O)N1CCC[C@@H](NC(=O)c2sc3nccc4c3c2NC(=O)N4c2ncc(Oc3ccccc3)cc2C)C1. The smallest absolute Gasteiger partial charge is 0.332 e. The molecule has 0 bridgehead atoms. The van der Waals surface area contributed by atoms with Gasteiger partial charge in [0.15, 0.2) is 0 Å². The average Bonchev–Trinajstić information content (AvgIpc) is 3.33. The lowest BCUT2D eigenvalue weighted by Crippen LogP contribution is -2.49. The van der Waals surface area contributed by atoms with Gasteiger partial charge in [-0.05, 0) is 55.7 Å². The number of ether oxygens (including phenoxy) is 1. The van der Waals surface area contributed by atoms with Crippen molar-refractivity contribution >= 4 is 56.6 Å². The molecule has 0 radical (unpaired) electrons. The summed E-state index contributed by atoms with van der Waals surface area (Å²) in [6.45, 7) is 6.46. The fourth-order valence-corrected chi connectivity index (χ4v) is 6.11. The number of para-hydroxylation sites is 1. The second-order valence-electron chi connectivity index (χ2n) is 9.61. The highest BCUT2D eigenvalue weighted by molar-refractivity contribution is 7.21. The first-order valence-electron chi connectivity index (χ1n) is 12.9. The Morgan fingerprint density at radius 1 is 1.20 bits per heavy atom. The third-order valence-electron chi connectivity index (χ3n) is 6.91. The molecule has 0 spiro atoms. The predicted molar refractivity (Wildman–Crippen MR) is 154 cm³/mol. The van der Waals surface area contributed by atoms with Crippen LogP contribution in [0.15, 0.2) is 67.5 Å². The van der Waals surface area contributed by atoms with E-state index in [0.717, 1.165) is 18.4 Å². The van der Waals surface area contributed by atoms with E-state index in [4.69, 9.17) is 4.74 Å². The first kappa shape index (κ1) is 25.5. The number of thiophene rings is 1. The van der Waals surface area contributed by atoms with Gasteiger partial charge in [0.2, 0.25) is 5.91 Å². The molecule has 2 aliphatic heterocycles. The number of aromatic nitrogens is 2. The van der Waals surface area contributed by atoms with Gasteiger partial charge >= 0.3 is 6.03 Å². The molecule has 2 aliphatic rings. The molecule has 10 nitrogen and oxygen atoms in total. The maximum atomic E-state index is 13.5. The summed E-state index contributed by atoms with van der Waals surface area (Å²) in [4.78, 5) is 52.1. The van der Waals surface area contributed by atoms with Crippen molar-refractivity contribution in [2.24, 2.45) is 0 Å². The molecule has 1 fully saturated rings. The Kier molecular flexibility index (Phi) is 6.64. The minimum absolute atomic E-state index is 0.152. The number of likely N-dealkylation sites (tertiary alicyclic amines) is 1. The number of anilines is 3. The number of carbonyl (C=O) groups excluding carboxylic acids is 3. The van der Waals surface area contributed by atoms with Crippen LogP contribution in [0.25, 0.3) is 10.2 Å². The molecule has 3 aromatic heterocycles. The van der Waals surface area contributed by atoms with Gasteiger partial charge in [0.1, 0.15) is 27.0 Å². The van der Waals surface area contributed by atoms with Crippen LogP contribution >= 0.6 is 11.3 Å². The Morgan fingerprint density at radius 2 is 2.02 bits per heavy atom. The van der Waals surface area contributed by atoms with Crippen LogP contribution in [0, 0.1) is 6.92 Å². The van der Waals surface area contributed by atoms with E-state index in [0.29, 0.717) is 56.9 Å². The molecule has 5 heterocycles. The minimum atomic E-state index is -0.430. The number of hydrogen-bond donors (Lipinski definition) is 2. The highest BCUT2D eigenvalue weighted by atomic mass is 32.1. The van der Waals surface area contributed by atoms with Gasteiger partial charge in [-0.2, -0.15) is 0 Å². The highest BCUT2D eigenvalue weighted by Crippen LogP contribution is 2.46. The molecule has 2 N–H and O–H groups in total. The summed E-state index contributed by atoms with van der Waals surface area (Å²) in [5.41, 5.74) is 1.76. The molecule has 1 atom stereocenters. The van der Waals surface area contributed by atoms with Crippen LogP contribution in [0.4, 0.5) is 22.0 Å². The van der Waals surface area contributed by atoms with Crippen molar-refractivity contribution in [1.29, 1.82) is 0 Å². The van der Waals surface area contributed by atoms with Crippen molar-refractivity contribution in [1.82, 2.24) is 20.2 Å². The molecule has 1 aromatic carbocycles. The normalized spacial score (nSPS) is 16.4. The number of nitrogens with one attached hydrogen (secondary N) is 2. The Balaban J connectivity index is 1.29. The molecule has 4 aromatic rings. The molecule has 202 valence electrons. The number of piperidine rings is 1. The number of amides is 4. The molecular weight excluding hydrogens is 528 g/mol. The number of rotatable bonds is 6. The molecular formula is C29H26N6O4S. The lowest BCUT2D eigenvalue weighted by molar-refractivity contribution is -0.127. The molecule has 40 heavy (non-hydrogen) atoms. The summed E-state index contributed by atoms with van der Waals surface area (Å²) in [5, 5.41) is 6.62. The van der Waals surface area contributed by atoms with Gasteiger partial charge in [0.25, 0.3) is 5.91 Å². The van der Waals surface area contributed by atoms with Gasteiger partial charge < -0.3 is 20.3 Å². The van der Waals surface area contributed by atoms with Crippen molar-refractivity contribution in [2.75, 3.05) is 23.3 Å². The van der Waals surface area contributed by atoms with E-state index >= 15 is 0 Å². The van der Waals surface area contributed by atoms with Crippen LogP contribution in [-0.2, 0) is 4.79 Å². The minimum Gasteiger partial charge on any atom is -0.456 e. The van der Waals surface area contributed by atoms with Crippen LogP contribution in [0.5, 0.6) is 11.5 Å². The number of aryl methyl sites for hydroxylation is 1. The topological polar surface area (TPSA) is 117 Å². The van der Waals surface area contributed by atoms with Crippen LogP contribution in [0.3, 0.4) is 0 Å². The second kappa shape index (κ2) is 10.4. The zero-order valence-corrected chi connectivity index (χ0v) is 22.5. The van der Waals surface area contributed by atoms with Crippen molar-refractivity contribution in [2.45, 2.75) is 25.8 Å². The number of pyridine rings is 2. The average molecular weight is 555 g/mol. The monoisotopic (exact) mass is 554 g/mol. The van der Waals surface area contributed by atoms with E-state index < -0.39 is 6.03 Å². The standard InChI is InChI=1S/C29H26N6O4S/c1-3-22(36)34-13-7-8-18(16-34)32-27(37)25-24-23-21(11-12-30-28(23)40-25)35(29(38)33-24)26-17(2)14-20(15-31-26)39-19-9-5-4-6-10-19/h3-6,9-12,14-15,18H,1,7-8,13,16H2,2H3,(H,32,37)(H,33,38)/t18-/m1/s1. The first-order valence-corrected chi connectivity index (χ1v) is 13.7. The molecule has 0 saturated carbocycles. The van der Waals surface area contributed by atoms with E-state index in [9.17, 15) is 14.4 Å². The summed E-state index contributed by atoms with van der Waals surface area (Å²) in [6, 6.07) is 12.3. The second-order valence-corrected chi connectivity index (χ2v) is 10.6. The van der Waals surface area contributed by atoms with Gasteiger partial charge in [-0.25, -0.2) is 19.7 Å². The van der Waals surface area contributed by atoms with Crippen molar-refractivity contribution in [3.8, 4) is 11.5 Å². The van der Waals surface area contributed by atoms with Crippen molar-refractivity contribution < 1.29 is 19.1 Å². The number of nitrogens with zero attached hydrogens (tertiary/aromatic N) is 4. The molecule has 11 heteroatoms. The third kappa shape index (κ3) is 4.64. The van der Waals surface area contributed by atoms with Crippen LogP contribution in [-0.4, -0.2) is 51.8 Å². The molecule has 4 amide bonds. The van der Waals surface area contributed by atoms with Crippen LogP contribution < -0.4 is 20.3 Å². The first-order chi connectivity index (χ1) is 19.4. The van der Waals surface area contributed by atoms with Gasteiger partial charge in [0.05, 0.1) is 23.0 Å². The van der Waals surface area contributed by atoms with E-state index in [2.05, 4.69) is 27.2 Å². The van der Waals surface area contributed by atoms with Gasteiger partial charge in [-0.1, -0.05) is 24.8 Å². The number of urea groups is 1. The van der Waals surface area contributed by atoms with E-state index in [-0.39, 0.29) is 17.9 Å².